The third kappa shape index (κ3) is 1.73. The summed E-state index contributed by atoms with van der Waals surface area (Å²) in [5.41, 5.74) is 0.760. The molecule has 0 spiro atoms. The number of allylic oxidation sites excluding steroid dienone is 3. The van der Waals surface area contributed by atoms with Crippen molar-refractivity contribution in [3.8, 4) is 0 Å². The topological polar surface area (TPSA) is 43.2 Å². The highest BCUT2D eigenvalue weighted by molar-refractivity contribution is 5.87. The largest absolute Gasteiger partial charge is 0.279 e. The maximum Gasteiger partial charge on any atom is 0.264 e. The van der Waals surface area contributed by atoms with Gasteiger partial charge in [-0.05, 0) is 32.3 Å². The van der Waals surface area contributed by atoms with Crippen LogP contribution in [0.3, 0.4) is 0 Å². The molecular formula is C11H15N2O. The van der Waals surface area contributed by atoms with Crippen LogP contribution in [0.25, 0.3) is 0 Å². The molecule has 1 aliphatic heterocycles. The fourth-order valence-electron chi connectivity index (χ4n) is 1.90. The van der Waals surface area contributed by atoms with E-state index in [1.807, 2.05) is 26.0 Å². The molecule has 75 valence electrons. The van der Waals surface area contributed by atoms with Crippen molar-refractivity contribution in [1.29, 1.82) is 0 Å². The van der Waals surface area contributed by atoms with E-state index in [1.165, 1.54) is 0 Å². The Balaban J connectivity index is 2.16. The van der Waals surface area contributed by atoms with Crippen LogP contribution in [-0.2, 0) is 4.79 Å². The lowest BCUT2D eigenvalue weighted by Crippen LogP contribution is -2.41. The molecule has 0 aromatic carbocycles. The van der Waals surface area contributed by atoms with Crippen molar-refractivity contribution < 1.29 is 4.79 Å². The normalized spacial score (nSPS) is 30.0. The Morgan fingerprint density at radius 1 is 1.57 bits per heavy atom. The van der Waals surface area contributed by atoms with Gasteiger partial charge in [0.2, 0.25) is 0 Å². The summed E-state index contributed by atoms with van der Waals surface area (Å²) in [5, 5.41) is 7.29. The summed E-state index contributed by atoms with van der Waals surface area (Å²) < 4.78 is 0. The van der Waals surface area contributed by atoms with Crippen LogP contribution in [0.2, 0.25) is 0 Å². The molecule has 14 heavy (non-hydrogen) atoms. The Morgan fingerprint density at radius 3 is 2.86 bits per heavy atom. The van der Waals surface area contributed by atoms with Crippen molar-refractivity contribution in [2.24, 2.45) is 0 Å². The molecule has 3 nitrogen and oxygen atoms in total. The molecule has 1 unspecified atom stereocenters. The zero-order valence-electron chi connectivity index (χ0n) is 8.58. The molecule has 0 bridgehead atoms. The Hall–Kier alpha value is -1.09. The second kappa shape index (κ2) is 3.24. The minimum Gasteiger partial charge on any atom is -0.279 e. The van der Waals surface area contributed by atoms with Gasteiger partial charge in [0.1, 0.15) is 11.7 Å². The highest BCUT2D eigenvalue weighted by Gasteiger charge is 2.39. The molecule has 0 aromatic heterocycles. The van der Waals surface area contributed by atoms with E-state index in [0.717, 1.165) is 18.4 Å². The highest BCUT2D eigenvalue weighted by atomic mass is 16.2. The summed E-state index contributed by atoms with van der Waals surface area (Å²) in [6.45, 7) is 3.84. The SMILES string of the molecule is CC1(C)[N]C(=O)C(C2=CC=CCC2)N1. The monoisotopic (exact) mass is 191 g/mol. The van der Waals surface area contributed by atoms with Crippen LogP contribution in [0.5, 0.6) is 0 Å². The lowest BCUT2D eigenvalue weighted by atomic mass is 9.98. The number of rotatable bonds is 1. The molecule has 1 heterocycles. The highest BCUT2D eigenvalue weighted by Crippen LogP contribution is 2.22. The van der Waals surface area contributed by atoms with Gasteiger partial charge in [0, 0.05) is 0 Å². The first-order valence-corrected chi connectivity index (χ1v) is 4.98. The lowest BCUT2D eigenvalue weighted by molar-refractivity contribution is -0.120. The Bertz CT molecular complexity index is 315. The van der Waals surface area contributed by atoms with E-state index >= 15 is 0 Å². The van der Waals surface area contributed by atoms with Crippen molar-refractivity contribution in [2.75, 3.05) is 0 Å². The first-order valence-electron chi connectivity index (χ1n) is 4.98. The van der Waals surface area contributed by atoms with Gasteiger partial charge in [-0.2, -0.15) is 0 Å². The molecule has 1 N–H and O–H groups in total. The van der Waals surface area contributed by atoms with Crippen LogP contribution in [0.4, 0.5) is 0 Å². The molecule has 1 amide bonds. The third-order valence-corrected chi connectivity index (χ3v) is 2.55. The van der Waals surface area contributed by atoms with Gasteiger partial charge in [-0.25, -0.2) is 5.32 Å². The van der Waals surface area contributed by atoms with Gasteiger partial charge in [0.05, 0.1) is 0 Å². The van der Waals surface area contributed by atoms with Gasteiger partial charge in [0.15, 0.2) is 0 Å². The van der Waals surface area contributed by atoms with Gasteiger partial charge in [-0.1, -0.05) is 18.2 Å². The van der Waals surface area contributed by atoms with Crippen molar-refractivity contribution in [1.82, 2.24) is 10.6 Å². The van der Waals surface area contributed by atoms with E-state index in [0.29, 0.717) is 0 Å². The number of hydrogen-bond donors (Lipinski definition) is 1. The van der Waals surface area contributed by atoms with Crippen LogP contribution >= 0.6 is 0 Å². The van der Waals surface area contributed by atoms with Gasteiger partial charge in [0.25, 0.3) is 5.91 Å². The number of hydrogen-bond acceptors (Lipinski definition) is 2. The average Bonchev–Trinajstić information content (AvgIpc) is 2.41. The van der Waals surface area contributed by atoms with E-state index in [1.54, 1.807) is 0 Å². The molecule has 1 saturated heterocycles. The van der Waals surface area contributed by atoms with Crippen LogP contribution in [0, 0.1) is 0 Å². The van der Waals surface area contributed by atoms with E-state index in [2.05, 4.69) is 16.7 Å². The minimum atomic E-state index is -0.399. The molecule has 3 heteroatoms. The average molecular weight is 191 g/mol. The molecule has 1 fully saturated rings. The molecular weight excluding hydrogens is 176 g/mol. The number of carbonyl (C=O) groups is 1. The predicted octanol–water partition coefficient (Wildman–Crippen LogP) is 1.10. The third-order valence-electron chi connectivity index (χ3n) is 2.55. The number of nitrogens with one attached hydrogen (secondary N) is 1. The quantitative estimate of drug-likeness (QED) is 0.674. The summed E-state index contributed by atoms with van der Waals surface area (Å²) in [4.78, 5) is 11.6. The maximum absolute atomic E-state index is 11.6. The van der Waals surface area contributed by atoms with Gasteiger partial charge < -0.3 is 0 Å². The maximum atomic E-state index is 11.6. The first kappa shape index (κ1) is 9.46. The van der Waals surface area contributed by atoms with E-state index in [4.69, 9.17) is 0 Å². The van der Waals surface area contributed by atoms with Crippen molar-refractivity contribution >= 4 is 5.91 Å². The summed E-state index contributed by atoms with van der Waals surface area (Å²) in [5.74, 6) is -0.0310. The summed E-state index contributed by atoms with van der Waals surface area (Å²) >= 11 is 0. The molecule has 1 aliphatic carbocycles. The van der Waals surface area contributed by atoms with Crippen LogP contribution in [0.1, 0.15) is 26.7 Å². The fraction of sp³-hybridized carbons (Fsp3) is 0.545. The van der Waals surface area contributed by atoms with Crippen molar-refractivity contribution in [3.05, 3.63) is 23.8 Å². The van der Waals surface area contributed by atoms with Crippen molar-refractivity contribution in [2.45, 2.75) is 38.4 Å². The number of nitrogens with zero attached hydrogens (tertiary/aromatic N) is 1. The second-order valence-corrected chi connectivity index (χ2v) is 4.29. The molecule has 1 atom stereocenters. The Morgan fingerprint density at radius 2 is 2.36 bits per heavy atom. The van der Waals surface area contributed by atoms with Gasteiger partial charge in [-0.3, -0.25) is 10.1 Å². The Kier molecular flexibility index (Phi) is 2.19. The number of carbonyl (C=O) groups excluding carboxylic acids is 1. The van der Waals surface area contributed by atoms with Crippen LogP contribution in [0.15, 0.2) is 23.8 Å². The van der Waals surface area contributed by atoms with Gasteiger partial charge in [-0.15, -0.1) is 0 Å². The smallest absolute Gasteiger partial charge is 0.264 e. The van der Waals surface area contributed by atoms with E-state index < -0.39 is 5.66 Å². The number of amides is 1. The van der Waals surface area contributed by atoms with E-state index in [-0.39, 0.29) is 11.9 Å². The molecule has 2 aliphatic rings. The zero-order chi connectivity index (χ0) is 10.2. The predicted molar refractivity (Wildman–Crippen MR) is 54.6 cm³/mol. The summed E-state index contributed by atoms with van der Waals surface area (Å²) in [6.07, 6.45) is 8.14. The zero-order valence-corrected chi connectivity index (χ0v) is 8.58. The lowest BCUT2D eigenvalue weighted by Gasteiger charge is -2.18. The standard InChI is InChI=1S/C11H15N2O/c1-11(2)12-9(10(14)13-11)8-6-4-3-5-7-8/h3-4,6,9,12H,5,7H2,1-2H3. The van der Waals surface area contributed by atoms with E-state index in [9.17, 15) is 4.79 Å². The van der Waals surface area contributed by atoms with Crippen LogP contribution in [-0.4, -0.2) is 17.6 Å². The molecule has 1 radical (unpaired) electrons. The summed E-state index contributed by atoms with van der Waals surface area (Å²) in [7, 11) is 0. The molecule has 0 aromatic rings. The molecule has 0 saturated carbocycles. The van der Waals surface area contributed by atoms with Crippen molar-refractivity contribution in [3.63, 3.8) is 0 Å². The summed E-state index contributed by atoms with van der Waals surface area (Å²) in [6, 6.07) is -0.185. The molecule has 2 rings (SSSR count). The van der Waals surface area contributed by atoms with Gasteiger partial charge >= 0.3 is 0 Å². The van der Waals surface area contributed by atoms with Crippen LogP contribution < -0.4 is 10.6 Å². The minimum absolute atomic E-state index is 0.0310. The first-order chi connectivity index (χ1) is 6.58. The second-order valence-electron chi connectivity index (χ2n) is 4.29. The Labute approximate surface area is 84.3 Å². The fourth-order valence-corrected chi connectivity index (χ4v) is 1.90.